The van der Waals surface area contributed by atoms with Crippen LogP contribution in [0.25, 0.3) is 0 Å². The van der Waals surface area contributed by atoms with E-state index in [1.807, 2.05) is 59.5 Å². The van der Waals surface area contributed by atoms with Crippen LogP contribution in [-0.2, 0) is 29.0 Å². The first-order chi connectivity index (χ1) is 17.0. The Balaban J connectivity index is 1.55. The molecular formula is C29H34N2O3S. The van der Waals surface area contributed by atoms with Gasteiger partial charge in [-0.05, 0) is 66.5 Å². The van der Waals surface area contributed by atoms with Gasteiger partial charge in [-0.15, -0.1) is 11.3 Å². The largest absolute Gasteiger partial charge is 0.376 e. The minimum atomic E-state index is -0.122. The predicted octanol–water partition coefficient (Wildman–Crippen LogP) is 5.47. The summed E-state index contributed by atoms with van der Waals surface area (Å²) in [6.45, 7) is 6.38. The first-order valence-corrected chi connectivity index (χ1v) is 13.3. The lowest BCUT2D eigenvalue weighted by molar-refractivity contribution is -0.133. The zero-order valence-corrected chi connectivity index (χ0v) is 21.4. The lowest BCUT2D eigenvalue weighted by atomic mass is 10.1. The van der Waals surface area contributed by atoms with E-state index in [0.29, 0.717) is 31.8 Å². The molecule has 4 rings (SSSR count). The molecule has 0 saturated carbocycles. The summed E-state index contributed by atoms with van der Waals surface area (Å²) in [7, 11) is 0. The van der Waals surface area contributed by atoms with Crippen LogP contribution in [0.1, 0.15) is 51.7 Å². The fourth-order valence-electron chi connectivity index (χ4n) is 4.36. The Morgan fingerprint density at radius 3 is 2.37 bits per heavy atom. The van der Waals surface area contributed by atoms with E-state index >= 15 is 0 Å². The zero-order chi connectivity index (χ0) is 24.6. The normalized spacial score (nSPS) is 15.2. The van der Waals surface area contributed by atoms with Crippen molar-refractivity contribution < 1.29 is 14.3 Å². The SMILES string of the molecule is CCc1ccc(C(=O)N(CC(=O)N(Cc2ccccc2)Cc2sccc2C)CC2CCCO2)cc1. The molecule has 3 aromatic rings. The van der Waals surface area contributed by atoms with Gasteiger partial charge in [0.15, 0.2) is 0 Å². The molecule has 1 aliphatic rings. The van der Waals surface area contributed by atoms with Crippen LogP contribution in [0.3, 0.4) is 0 Å². The average Bonchev–Trinajstić information content (AvgIpc) is 3.55. The van der Waals surface area contributed by atoms with E-state index in [-0.39, 0.29) is 24.5 Å². The van der Waals surface area contributed by atoms with Crippen LogP contribution in [0.15, 0.2) is 66.0 Å². The molecular weight excluding hydrogens is 456 g/mol. The van der Waals surface area contributed by atoms with Crippen molar-refractivity contribution in [3.63, 3.8) is 0 Å². The number of nitrogens with zero attached hydrogens (tertiary/aromatic N) is 2. The standard InChI is InChI=1S/C29H34N2O3S/c1-3-23-11-13-25(14-12-23)29(33)31(19-26-10-7-16-34-26)21-28(32)30(18-24-8-5-4-6-9-24)20-27-22(2)15-17-35-27/h4-6,8-9,11-15,17,26H,3,7,10,16,18-21H2,1-2H3. The number of hydrogen-bond acceptors (Lipinski definition) is 4. The van der Waals surface area contributed by atoms with Crippen molar-refractivity contribution in [1.82, 2.24) is 9.80 Å². The summed E-state index contributed by atoms with van der Waals surface area (Å²) < 4.78 is 5.83. The molecule has 5 nitrogen and oxygen atoms in total. The number of thiophene rings is 1. The van der Waals surface area contributed by atoms with Crippen LogP contribution >= 0.6 is 11.3 Å². The number of benzene rings is 2. The summed E-state index contributed by atoms with van der Waals surface area (Å²) in [6.07, 6.45) is 2.80. The maximum absolute atomic E-state index is 13.7. The smallest absolute Gasteiger partial charge is 0.254 e. The van der Waals surface area contributed by atoms with E-state index in [1.54, 1.807) is 16.2 Å². The quantitative estimate of drug-likeness (QED) is 0.379. The molecule has 2 heterocycles. The highest BCUT2D eigenvalue weighted by molar-refractivity contribution is 7.10. The average molecular weight is 491 g/mol. The minimum Gasteiger partial charge on any atom is -0.376 e. The second-order valence-electron chi connectivity index (χ2n) is 9.13. The molecule has 0 bridgehead atoms. The second kappa shape index (κ2) is 12.1. The Labute approximate surface area is 212 Å². The van der Waals surface area contributed by atoms with Gasteiger partial charge in [-0.25, -0.2) is 0 Å². The molecule has 2 aromatic carbocycles. The van der Waals surface area contributed by atoms with E-state index in [0.717, 1.165) is 24.8 Å². The first kappa shape index (κ1) is 25.1. The molecule has 2 amide bonds. The van der Waals surface area contributed by atoms with Gasteiger partial charge >= 0.3 is 0 Å². The van der Waals surface area contributed by atoms with E-state index in [2.05, 4.69) is 25.3 Å². The summed E-state index contributed by atoms with van der Waals surface area (Å²) in [5, 5.41) is 2.06. The number of ether oxygens (including phenoxy) is 1. The van der Waals surface area contributed by atoms with Gasteiger partial charge in [0.1, 0.15) is 6.54 Å². The van der Waals surface area contributed by atoms with Crippen LogP contribution in [0.5, 0.6) is 0 Å². The number of hydrogen-bond donors (Lipinski definition) is 0. The van der Waals surface area contributed by atoms with Crippen molar-refractivity contribution in [1.29, 1.82) is 0 Å². The zero-order valence-electron chi connectivity index (χ0n) is 20.6. The minimum absolute atomic E-state index is 0.0243. The number of amides is 2. The number of aryl methyl sites for hydroxylation is 2. The van der Waals surface area contributed by atoms with Crippen molar-refractivity contribution in [3.8, 4) is 0 Å². The van der Waals surface area contributed by atoms with Gasteiger partial charge in [0, 0.05) is 30.1 Å². The molecule has 0 spiro atoms. The van der Waals surface area contributed by atoms with E-state index in [9.17, 15) is 9.59 Å². The number of carbonyl (C=O) groups is 2. The summed E-state index contributed by atoms with van der Waals surface area (Å²) in [5.74, 6) is -0.179. The fourth-order valence-corrected chi connectivity index (χ4v) is 5.28. The number of rotatable bonds is 10. The Bertz CT molecular complexity index is 1100. The molecule has 35 heavy (non-hydrogen) atoms. The van der Waals surface area contributed by atoms with Gasteiger partial charge < -0.3 is 14.5 Å². The summed E-state index contributed by atoms with van der Waals surface area (Å²) in [4.78, 5) is 31.9. The van der Waals surface area contributed by atoms with Crippen LogP contribution in [0.2, 0.25) is 0 Å². The highest BCUT2D eigenvalue weighted by Gasteiger charge is 2.27. The van der Waals surface area contributed by atoms with Crippen LogP contribution in [0, 0.1) is 6.92 Å². The van der Waals surface area contributed by atoms with Gasteiger partial charge in [-0.2, -0.15) is 0 Å². The Hall–Kier alpha value is -2.96. The highest BCUT2D eigenvalue weighted by Crippen LogP contribution is 2.21. The summed E-state index contributed by atoms with van der Waals surface area (Å²) in [6, 6.07) is 19.8. The lowest BCUT2D eigenvalue weighted by Gasteiger charge is -2.29. The van der Waals surface area contributed by atoms with Gasteiger partial charge in [-0.3, -0.25) is 9.59 Å². The van der Waals surface area contributed by atoms with Crippen LogP contribution in [0.4, 0.5) is 0 Å². The third kappa shape index (κ3) is 6.80. The van der Waals surface area contributed by atoms with Crippen molar-refractivity contribution in [3.05, 3.63) is 93.2 Å². The lowest BCUT2D eigenvalue weighted by Crippen LogP contribution is -2.45. The molecule has 6 heteroatoms. The highest BCUT2D eigenvalue weighted by atomic mass is 32.1. The topological polar surface area (TPSA) is 49.9 Å². The third-order valence-electron chi connectivity index (χ3n) is 6.54. The summed E-state index contributed by atoms with van der Waals surface area (Å²) in [5.41, 5.74) is 4.05. The van der Waals surface area contributed by atoms with Crippen molar-refractivity contribution in [2.24, 2.45) is 0 Å². The molecule has 1 aromatic heterocycles. The number of carbonyl (C=O) groups excluding carboxylic acids is 2. The molecule has 1 unspecified atom stereocenters. The fraction of sp³-hybridized carbons (Fsp3) is 0.379. The van der Waals surface area contributed by atoms with E-state index < -0.39 is 0 Å². The molecule has 0 aliphatic carbocycles. The predicted molar refractivity (Wildman–Crippen MR) is 140 cm³/mol. The van der Waals surface area contributed by atoms with Crippen molar-refractivity contribution in [2.45, 2.75) is 52.3 Å². The Kier molecular flexibility index (Phi) is 8.72. The van der Waals surface area contributed by atoms with Gasteiger partial charge in [0.05, 0.1) is 12.6 Å². The second-order valence-corrected chi connectivity index (χ2v) is 10.1. The molecule has 1 saturated heterocycles. The third-order valence-corrected chi connectivity index (χ3v) is 7.55. The molecule has 0 radical (unpaired) electrons. The van der Waals surface area contributed by atoms with E-state index in [1.165, 1.54) is 16.0 Å². The van der Waals surface area contributed by atoms with Crippen LogP contribution < -0.4 is 0 Å². The van der Waals surface area contributed by atoms with Crippen molar-refractivity contribution in [2.75, 3.05) is 19.7 Å². The van der Waals surface area contributed by atoms with Crippen LogP contribution in [-0.4, -0.2) is 47.4 Å². The Morgan fingerprint density at radius 1 is 0.971 bits per heavy atom. The maximum atomic E-state index is 13.7. The van der Waals surface area contributed by atoms with E-state index in [4.69, 9.17) is 4.74 Å². The van der Waals surface area contributed by atoms with Gasteiger partial charge in [0.2, 0.25) is 5.91 Å². The Morgan fingerprint density at radius 2 is 1.74 bits per heavy atom. The van der Waals surface area contributed by atoms with Gasteiger partial charge in [0.25, 0.3) is 5.91 Å². The molecule has 184 valence electrons. The summed E-state index contributed by atoms with van der Waals surface area (Å²) >= 11 is 1.66. The molecule has 1 atom stereocenters. The molecule has 0 N–H and O–H groups in total. The molecule has 1 fully saturated rings. The molecule has 1 aliphatic heterocycles. The van der Waals surface area contributed by atoms with Gasteiger partial charge in [-0.1, -0.05) is 49.4 Å². The maximum Gasteiger partial charge on any atom is 0.254 e. The first-order valence-electron chi connectivity index (χ1n) is 12.4. The van der Waals surface area contributed by atoms with Crippen molar-refractivity contribution >= 4 is 23.2 Å². The monoisotopic (exact) mass is 490 g/mol.